The number of carbonyl (C=O) groups excluding carboxylic acids is 3. The number of halogens is 1. The van der Waals surface area contributed by atoms with Crippen LogP contribution in [0.15, 0.2) is 49.1 Å². The van der Waals surface area contributed by atoms with Gasteiger partial charge in [0.15, 0.2) is 0 Å². The molecule has 0 saturated carbocycles. The Labute approximate surface area is 222 Å². The van der Waals surface area contributed by atoms with Gasteiger partial charge in [-0.2, -0.15) is 0 Å². The predicted molar refractivity (Wildman–Crippen MR) is 143 cm³/mol. The molecule has 0 aliphatic heterocycles. The van der Waals surface area contributed by atoms with E-state index in [4.69, 9.17) is 16.3 Å². The molecule has 0 bridgehead atoms. The number of amides is 3. The Bertz CT molecular complexity index is 1140. The van der Waals surface area contributed by atoms with Gasteiger partial charge in [-0.25, -0.2) is 4.79 Å². The molecule has 0 spiro atoms. The van der Waals surface area contributed by atoms with Crippen molar-refractivity contribution in [3.05, 3.63) is 70.8 Å². The largest absolute Gasteiger partial charge is 0.508 e. The molecule has 2 rings (SSSR count). The first-order chi connectivity index (χ1) is 17.3. The van der Waals surface area contributed by atoms with Crippen LogP contribution in [0.25, 0.3) is 0 Å². The lowest BCUT2D eigenvalue weighted by Gasteiger charge is -2.33. The van der Waals surface area contributed by atoms with Gasteiger partial charge in [0.25, 0.3) is 5.91 Å². The third kappa shape index (κ3) is 7.96. The monoisotopic (exact) mass is 531 g/mol. The van der Waals surface area contributed by atoms with E-state index in [1.807, 2.05) is 0 Å². The number of ether oxygens (including phenoxy) is 1. The maximum Gasteiger partial charge on any atom is 0.408 e. The molecule has 0 aliphatic carbocycles. The number of aliphatic hydroxyl groups excluding tert-OH is 1. The Balaban J connectivity index is 2.53. The van der Waals surface area contributed by atoms with E-state index in [2.05, 4.69) is 17.2 Å². The van der Waals surface area contributed by atoms with Gasteiger partial charge in [0, 0.05) is 6.54 Å². The summed E-state index contributed by atoms with van der Waals surface area (Å²) in [6.07, 6.45) is 0.528. The van der Waals surface area contributed by atoms with Crippen molar-refractivity contribution >= 4 is 35.2 Å². The second-order valence-corrected chi connectivity index (χ2v) is 9.94. The predicted octanol–water partition coefficient (Wildman–Crippen LogP) is 4.24. The quantitative estimate of drug-likeness (QED) is 0.358. The number of aryl methyl sites for hydroxylation is 2. The number of hydrogen-bond donors (Lipinski definition) is 4. The van der Waals surface area contributed by atoms with E-state index < -0.39 is 42.2 Å². The number of alkyl carbamates (subject to hydrolysis) is 1. The first-order valence-electron chi connectivity index (χ1n) is 11.7. The van der Waals surface area contributed by atoms with Crippen molar-refractivity contribution in [2.24, 2.45) is 0 Å². The van der Waals surface area contributed by atoms with Crippen LogP contribution < -0.4 is 10.6 Å². The number of anilines is 1. The third-order valence-electron chi connectivity index (χ3n) is 5.35. The van der Waals surface area contributed by atoms with Crippen molar-refractivity contribution in [3.8, 4) is 5.75 Å². The Morgan fingerprint density at radius 1 is 1.16 bits per heavy atom. The fourth-order valence-electron chi connectivity index (χ4n) is 3.60. The van der Waals surface area contributed by atoms with Crippen LogP contribution in [0.3, 0.4) is 0 Å². The molecular weight excluding hydrogens is 498 g/mol. The van der Waals surface area contributed by atoms with Crippen molar-refractivity contribution in [3.63, 3.8) is 0 Å². The molecule has 10 heteroatoms. The molecule has 4 N–H and O–H groups in total. The van der Waals surface area contributed by atoms with Crippen LogP contribution in [0.1, 0.15) is 43.5 Å². The SMILES string of the molecule is C=CCN(C(=O)C(CO)NC(=O)OC(C)(C)C)C(C(=O)Nc1c(C)cccc1Cl)c1ccc(O)c(C)c1. The normalized spacial score (nSPS) is 12.7. The fourth-order valence-corrected chi connectivity index (χ4v) is 3.87. The Kier molecular flexibility index (Phi) is 10.1. The minimum atomic E-state index is -1.40. The topological polar surface area (TPSA) is 128 Å². The summed E-state index contributed by atoms with van der Waals surface area (Å²) in [5, 5.41) is 25.5. The number of aliphatic hydroxyl groups is 1. The number of phenolic OH excluding ortho intramolecular Hbond substituents is 1. The first-order valence-corrected chi connectivity index (χ1v) is 12.0. The molecule has 0 aromatic heterocycles. The fraction of sp³-hybridized carbons (Fsp3) is 0.370. The van der Waals surface area contributed by atoms with Gasteiger partial charge in [0.2, 0.25) is 5.91 Å². The van der Waals surface area contributed by atoms with Crippen LogP contribution in [-0.2, 0) is 14.3 Å². The summed E-state index contributed by atoms with van der Waals surface area (Å²) in [7, 11) is 0. The summed E-state index contributed by atoms with van der Waals surface area (Å²) < 4.78 is 5.21. The number of aromatic hydroxyl groups is 1. The summed E-state index contributed by atoms with van der Waals surface area (Å²) in [5.74, 6) is -1.31. The summed E-state index contributed by atoms with van der Waals surface area (Å²) >= 11 is 6.32. The minimum Gasteiger partial charge on any atom is -0.508 e. The van der Waals surface area contributed by atoms with Gasteiger partial charge in [-0.15, -0.1) is 6.58 Å². The average molecular weight is 532 g/mol. The summed E-state index contributed by atoms with van der Waals surface area (Å²) in [5.41, 5.74) is 1.14. The molecule has 0 heterocycles. The van der Waals surface area contributed by atoms with Gasteiger partial charge in [-0.1, -0.05) is 35.9 Å². The second kappa shape index (κ2) is 12.6. The van der Waals surface area contributed by atoms with Crippen molar-refractivity contribution in [1.82, 2.24) is 10.2 Å². The van der Waals surface area contributed by atoms with Gasteiger partial charge in [-0.3, -0.25) is 9.59 Å². The number of para-hydroxylation sites is 1. The first kappa shape index (κ1) is 29.7. The highest BCUT2D eigenvalue weighted by atomic mass is 35.5. The van der Waals surface area contributed by atoms with Crippen molar-refractivity contribution in [2.75, 3.05) is 18.5 Å². The van der Waals surface area contributed by atoms with Crippen LogP contribution >= 0.6 is 11.6 Å². The van der Waals surface area contributed by atoms with Crippen molar-refractivity contribution in [1.29, 1.82) is 0 Å². The van der Waals surface area contributed by atoms with Gasteiger partial charge >= 0.3 is 6.09 Å². The average Bonchev–Trinajstić information content (AvgIpc) is 2.80. The molecule has 0 aliphatic rings. The van der Waals surface area contributed by atoms with E-state index >= 15 is 0 Å². The molecule has 2 unspecified atom stereocenters. The molecule has 2 aromatic rings. The smallest absolute Gasteiger partial charge is 0.408 e. The number of rotatable bonds is 9. The highest BCUT2D eigenvalue weighted by molar-refractivity contribution is 6.34. The van der Waals surface area contributed by atoms with Crippen LogP contribution in [0.4, 0.5) is 10.5 Å². The van der Waals surface area contributed by atoms with E-state index in [1.54, 1.807) is 58.9 Å². The standard InChI is InChI=1S/C27H34ClN3O6/c1-7-13-31(25(35)20(15-32)29-26(36)37-27(4,5)6)23(18-11-12-21(33)17(3)14-18)24(34)30-22-16(2)9-8-10-19(22)28/h7-12,14,20,23,32-33H,1,13,15H2,2-6H3,(H,29,36)(H,30,34). The molecule has 3 amide bonds. The van der Waals surface area contributed by atoms with Crippen molar-refractivity contribution < 1.29 is 29.3 Å². The van der Waals surface area contributed by atoms with Crippen LogP contribution in [0.5, 0.6) is 5.75 Å². The molecule has 2 atom stereocenters. The molecule has 2 aromatic carbocycles. The summed E-state index contributed by atoms with van der Waals surface area (Å²) in [6, 6.07) is 7.05. The summed E-state index contributed by atoms with van der Waals surface area (Å²) in [6.45, 7) is 11.3. The highest BCUT2D eigenvalue weighted by Crippen LogP contribution is 2.31. The van der Waals surface area contributed by atoms with E-state index in [0.717, 1.165) is 0 Å². The molecule has 37 heavy (non-hydrogen) atoms. The van der Waals surface area contributed by atoms with Gasteiger partial charge in [0.05, 0.1) is 17.3 Å². The van der Waals surface area contributed by atoms with Crippen LogP contribution in [0, 0.1) is 13.8 Å². The maximum atomic E-state index is 13.7. The molecule has 0 saturated heterocycles. The number of nitrogens with one attached hydrogen (secondary N) is 2. The lowest BCUT2D eigenvalue weighted by atomic mass is 10.00. The lowest BCUT2D eigenvalue weighted by molar-refractivity contribution is -0.140. The number of phenols is 1. The number of carbonyl (C=O) groups is 3. The molecule has 200 valence electrons. The van der Waals surface area contributed by atoms with Gasteiger partial charge in [0.1, 0.15) is 23.4 Å². The number of benzene rings is 2. The number of nitrogens with zero attached hydrogens (tertiary/aromatic N) is 1. The van der Waals surface area contributed by atoms with E-state index in [-0.39, 0.29) is 12.3 Å². The van der Waals surface area contributed by atoms with E-state index in [9.17, 15) is 24.6 Å². The Morgan fingerprint density at radius 3 is 2.38 bits per heavy atom. The second-order valence-electron chi connectivity index (χ2n) is 9.53. The zero-order chi connectivity index (χ0) is 27.9. The van der Waals surface area contributed by atoms with Crippen molar-refractivity contribution in [2.45, 2.75) is 52.3 Å². The van der Waals surface area contributed by atoms with Gasteiger partial charge < -0.3 is 30.5 Å². The zero-order valence-corrected chi connectivity index (χ0v) is 22.4. The van der Waals surface area contributed by atoms with Crippen LogP contribution in [-0.4, -0.2) is 57.8 Å². The molecule has 0 fully saturated rings. The lowest BCUT2D eigenvalue weighted by Crippen LogP contribution is -2.53. The van der Waals surface area contributed by atoms with E-state index in [0.29, 0.717) is 27.4 Å². The Hall–Kier alpha value is -3.56. The highest BCUT2D eigenvalue weighted by Gasteiger charge is 2.36. The molecular formula is C27H34ClN3O6. The Morgan fingerprint density at radius 2 is 1.84 bits per heavy atom. The zero-order valence-electron chi connectivity index (χ0n) is 21.7. The number of hydrogen-bond acceptors (Lipinski definition) is 6. The third-order valence-corrected chi connectivity index (χ3v) is 5.66. The maximum absolute atomic E-state index is 13.7. The summed E-state index contributed by atoms with van der Waals surface area (Å²) in [4.78, 5) is 40.8. The molecule has 9 nitrogen and oxygen atoms in total. The minimum absolute atomic E-state index is 0.0197. The van der Waals surface area contributed by atoms with E-state index in [1.165, 1.54) is 23.1 Å². The van der Waals surface area contributed by atoms with Crippen LogP contribution in [0.2, 0.25) is 5.02 Å². The van der Waals surface area contributed by atoms with Gasteiger partial charge in [-0.05, 0) is 69.5 Å². The molecule has 0 radical (unpaired) electrons.